The molecule has 10 nitrogen and oxygen atoms in total. The van der Waals surface area contributed by atoms with E-state index in [1.54, 1.807) is 12.5 Å². The van der Waals surface area contributed by atoms with Gasteiger partial charge in [-0.3, -0.25) is 4.79 Å². The molecule has 0 N–H and O–H groups in total. The normalized spacial score (nSPS) is 16.0. The number of oxazole rings is 2. The van der Waals surface area contributed by atoms with Gasteiger partial charge in [0.05, 0.1) is 30.6 Å². The van der Waals surface area contributed by atoms with Gasteiger partial charge in [-0.15, -0.1) is 0 Å². The van der Waals surface area contributed by atoms with Gasteiger partial charge in [0.15, 0.2) is 45.4 Å². The number of nitrogens with zero attached hydrogens (tertiary/aromatic N) is 2. The number of esters is 1. The maximum absolute atomic E-state index is 13.6. The lowest BCUT2D eigenvalue weighted by Crippen LogP contribution is -2.57. The third kappa shape index (κ3) is 22.0. The molecule has 14 heteroatoms. The Balaban J connectivity index is 2.39. The fourth-order valence-corrected chi connectivity index (χ4v) is 13.2. The summed E-state index contributed by atoms with van der Waals surface area (Å²) in [5, 5.41) is -0.236. The van der Waals surface area contributed by atoms with Gasteiger partial charge in [-0.2, -0.15) is 0 Å². The Morgan fingerprint density at radius 1 is 0.563 bits per heavy atom. The molecule has 2 rings (SSSR count). The SMILES string of the molecule is CCCCCCCCCCCCCCCCCCCC(=O)OC(c1cnco1)c1nc(C(CC(O[Si](C)(C)C(C)(C)C)C(O[Si](C)(C)C(C)(C)C)C(C)O[Si](C)(C)C(C)(C)C)O[Si](C)(C)C(C)(C)C)co1. The summed E-state index contributed by atoms with van der Waals surface area (Å²) < 4.78 is 48.2. The quantitative estimate of drug-likeness (QED) is 0.0381. The number of aromatic nitrogens is 2. The molecular formula is C57H112N2O8Si4. The lowest BCUT2D eigenvalue weighted by molar-refractivity contribution is -0.149. The van der Waals surface area contributed by atoms with Crippen molar-refractivity contribution >= 4 is 39.2 Å². The Bertz CT molecular complexity index is 1770. The first-order chi connectivity index (χ1) is 32.6. The molecule has 0 aliphatic heterocycles. The van der Waals surface area contributed by atoms with Crippen molar-refractivity contribution in [2.75, 3.05) is 0 Å². The number of hydrogen-bond acceptors (Lipinski definition) is 10. The van der Waals surface area contributed by atoms with Crippen molar-refractivity contribution in [3.63, 3.8) is 0 Å². The Hall–Kier alpha value is -1.40. The fraction of sp³-hybridized carbons (Fsp3) is 0.877. The van der Waals surface area contributed by atoms with Crippen molar-refractivity contribution < 1.29 is 36.1 Å². The molecule has 0 fully saturated rings. The molecule has 0 aromatic carbocycles. The average Bonchev–Trinajstić information content (AvgIpc) is 3.95. The van der Waals surface area contributed by atoms with Gasteiger partial charge in [0, 0.05) is 12.8 Å². The highest BCUT2D eigenvalue weighted by molar-refractivity contribution is 6.75. The van der Waals surface area contributed by atoms with Gasteiger partial charge in [0.1, 0.15) is 12.0 Å². The van der Waals surface area contributed by atoms with E-state index < -0.39 is 57.7 Å². The molecule has 2 aromatic rings. The zero-order chi connectivity index (χ0) is 54.1. The molecule has 0 bridgehead atoms. The first kappa shape index (κ1) is 65.7. The van der Waals surface area contributed by atoms with Gasteiger partial charge in [0.2, 0.25) is 12.0 Å². The van der Waals surface area contributed by atoms with E-state index >= 15 is 0 Å². The molecule has 0 aliphatic rings. The summed E-state index contributed by atoms with van der Waals surface area (Å²) in [6.45, 7) is 50.3. The predicted octanol–water partition coefficient (Wildman–Crippen LogP) is 19.0. The van der Waals surface area contributed by atoms with Crippen LogP contribution in [0.25, 0.3) is 0 Å². The fourth-order valence-electron chi connectivity index (χ4n) is 7.82. The Morgan fingerprint density at radius 2 is 0.972 bits per heavy atom. The third-order valence-electron chi connectivity index (χ3n) is 16.8. The van der Waals surface area contributed by atoms with E-state index in [4.69, 9.17) is 36.3 Å². The lowest BCUT2D eigenvalue weighted by Gasteiger charge is -2.49. The second-order valence-electron chi connectivity index (χ2n) is 27.2. The van der Waals surface area contributed by atoms with Crippen LogP contribution in [0.4, 0.5) is 0 Å². The molecule has 2 heterocycles. The van der Waals surface area contributed by atoms with Crippen molar-refractivity contribution in [3.05, 3.63) is 36.2 Å². The van der Waals surface area contributed by atoms with Crippen LogP contribution in [-0.4, -0.2) is 67.5 Å². The van der Waals surface area contributed by atoms with Gasteiger partial charge in [-0.05, 0) is 85.9 Å². The minimum Gasteiger partial charge on any atom is -0.445 e. The summed E-state index contributed by atoms with van der Waals surface area (Å²) in [4.78, 5) is 22.9. The number of unbranched alkanes of at least 4 members (excludes halogenated alkanes) is 16. The van der Waals surface area contributed by atoms with Gasteiger partial charge >= 0.3 is 5.97 Å². The minimum atomic E-state index is -2.45. The zero-order valence-corrected chi connectivity index (χ0v) is 54.2. The molecule has 0 spiro atoms. The highest BCUT2D eigenvalue weighted by atomic mass is 28.4. The zero-order valence-electron chi connectivity index (χ0n) is 50.2. The second kappa shape index (κ2) is 28.7. The summed E-state index contributed by atoms with van der Waals surface area (Å²) in [5.41, 5.74) is 0.617. The van der Waals surface area contributed by atoms with E-state index in [-0.39, 0.29) is 38.1 Å². The molecule has 2 aromatic heterocycles. The van der Waals surface area contributed by atoms with Crippen LogP contribution in [0.15, 0.2) is 27.7 Å². The molecule has 0 amide bonds. The molecule has 5 unspecified atom stereocenters. The van der Waals surface area contributed by atoms with E-state index in [2.05, 4.69) is 154 Å². The maximum Gasteiger partial charge on any atom is 0.307 e. The third-order valence-corrected chi connectivity index (χ3v) is 34.9. The van der Waals surface area contributed by atoms with Crippen LogP contribution in [0, 0.1) is 0 Å². The van der Waals surface area contributed by atoms with Gasteiger partial charge in [-0.1, -0.05) is 193 Å². The van der Waals surface area contributed by atoms with E-state index in [1.807, 2.05) is 0 Å². The highest BCUT2D eigenvalue weighted by Gasteiger charge is 2.50. The summed E-state index contributed by atoms with van der Waals surface area (Å²) in [6.07, 6.45) is 24.6. The van der Waals surface area contributed by atoms with E-state index in [1.165, 1.54) is 96.3 Å². The minimum absolute atomic E-state index is 0.00129. The molecule has 5 atom stereocenters. The number of carbonyl (C=O) groups is 1. The predicted molar refractivity (Wildman–Crippen MR) is 307 cm³/mol. The number of hydrogen-bond donors (Lipinski definition) is 0. The topological polar surface area (TPSA) is 115 Å². The Labute approximate surface area is 441 Å². The van der Waals surface area contributed by atoms with Gasteiger partial charge in [0.25, 0.3) is 0 Å². The molecule has 0 saturated heterocycles. The Kier molecular flexibility index (Phi) is 26.5. The van der Waals surface area contributed by atoms with Crippen molar-refractivity contribution in [1.82, 2.24) is 9.97 Å². The van der Waals surface area contributed by atoms with Crippen LogP contribution in [0.1, 0.15) is 248 Å². The highest BCUT2D eigenvalue weighted by Crippen LogP contribution is 2.47. The van der Waals surface area contributed by atoms with Crippen molar-refractivity contribution in [2.45, 2.75) is 322 Å². The van der Waals surface area contributed by atoms with Gasteiger partial charge in [-0.25, -0.2) is 9.97 Å². The molecule has 71 heavy (non-hydrogen) atoms. The van der Waals surface area contributed by atoms with E-state index in [0.29, 0.717) is 24.3 Å². The molecule has 0 aliphatic carbocycles. The number of carbonyl (C=O) groups excluding carboxylic acids is 1. The van der Waals surface area contributed by atoms with Crippen LogP contribution in [-0.2, 0) is 27.2 Å². The standard InChI is InChI=1S/C57H112N2O8Si4/c1-23-24-25-26-27-28-29-30-31-32-33-34-35-36-37-38-39-40-50(60)63-52(49-42-58-44-62-49)53-59-46(43-61-53)47(65-69(17,18)55(6,7)8)41-48(66-70(19,20)56(9,10)11)51(67-71(21,22)57(12,13)14)45(2)64-68(15,16)54(3,4)5/h42-45,47-48,51-52H,23-41H2,1-22H3. The molecule has 0 radical (unpaired) electrons. The van der Waals surface area contributed by atoms with Crippen molar-refractivity contribution in [1.29, 1.82) is 0 Å². The largest absolute Gasteiger partial charge is 0.445 e. The van der Waals surface area contributed by atoms with Crippen molar-refractivity contribution in [2.24, 2.45) is 0 Å². The van der Waals surface area contributed by atoms with Crippen LogP contribution < -0.4 is 0 Å². The van der Waals surface area contributed by atoms with E-state index in [0.717, 1.165) is 19.3 Å². The van der Waals surface area contributed by atoms with Crippen molar-refractivity contribution in [3.8, 4) is 0 Å². The number of rotatable bonds is 34. The smallest absolute Gasteiger partial charge is 0.307 e. The van der Waals surface area contributed by atoms with Crippen LogP contribution >= 0.6 is 0 Å². The van der Waals surface area contributed by atoms with Crippen LogP contribution in [0.3, 0.4) is 0 Å². The summed E-state index contributed by atoms with van der Waals surface area (Å²) >= 11 is 0. The van der Waals surface area contributed by atoms with Gasteiger partial charge < -0.3 is 31.3 Å². The maximum atomic E-state index is 13.6. The monoisotopic (exact) mass is 1060 g/mol. The lowest BCUT2D eigenvalue weighted by atomic mass is 10.0. The average molecular weight is 1070 g/mol. The summed E-state index contributed by atoms with van der Waals surface area (Å²) in [5.74, 6) is 0.266. The first-order valence-electron chi connectivity index (χ1n) is 28.3. The Morgan fingerprint density at radius 3 is 1.39 bits per heavy atom. The van der Waals surface area contributed by atoms with Crippen LogP contribution in [0.5, 0.6) is 0 Å². The summed E-state index contributed by atoms with van der Waals surface area (Å²) in [6, 6.07) is 0. The number of ether oxygens (including phenoxy) is 1. The molecule has 414 valence electrons. The first-order valence-corrected chi connectivity index (χ1v) is 39.9. The molecule has 0 saturated carbocycles. The van der Waals surface area contributed by atoms with E-state index in [9.17, 15) is 4.79 Å². The molecular weight excluding hydrogens is 953 g/mol. The second-order valence-corrected chi connectivity index (χ2v) is 46.3. The van der Waals surface area contributed by atoms with Crippen LogP contribution in [0.2, 0.25) is 72.5 Å². The summed E-state index contributed by atoms with van der Waals surface area (Å²) in [7, 11) is -9.53.